The van der Waals surface area contributed by atoms with Gasteiger partial charge in [-0.3, -0.25) is 28.8 Å². The van der Waals surface area contributed by atoms with Crippen molar-refractivity contribution in [2.75, 3.05) is 6.54 Å². The summed E-state index contributed by atoms with van der Waals surface area (Å²) in [6, 6.07) is 5.46. The molecule has 0 aliphatic rings. The first-order chi connectivity index (χ1) is 27.5. The zero-order valence-corrected chi connectivity index (χ0v) is 37.5. The monoisotopic (exact) mass is 925 g/mol. The van der Waals surface area contributed by atoms with E-state index in [0.29, 0.717) is 18.4 Å². The summed E-state index contributed by atoms with van der Waals surface area (Å²) in [5.41, 5.74) is 6.40. The maximum atomic E-state index is 13.4. The van der Waals surface area contributed by atoms with Crippen LogP contribution in [-0.2, 0) is 33.6 Å². The molecule has 0 unspecified atom stereocenters. The number of carboxylic acids is 4. The number of amides is 2. The molecule has 0 radical (unpaired) electrons. The zero-order valence-electron chi connectivity index (χ0n) is 34.6. The molecule has 8 N–H and O–H groups in total. The van der Waals surface area contributed by atoms with Gasteiger partial charge in [-0.2, -0.15) is 0 Å². The van der Waals surface area contributed by atoms with Crippen molar-refractivity contribution in [2.24, 2.45) is 17.6 Å². The molecule has 2 amide bonds. The first-order valence-electron chi connectivity index (χ1n) is 20.9. The molecule has 4 atom stereocenters. The number of benzene rings is 1. The van der Waals surface area contributed by atoms with Gasteiger partial charge < -0.3 is 26.4 Å². The number of nitrogens with two attached hydrogens (primary N) is 1. The van der Waals surface area contributed by atoms with Crippen LogP contribution < -0.4 is 19.9 Å². The Kier molecular flexibility index (Phi) is 25.7. The molecule has 0 bridgehead atoms. The molecule has 15 nitrogen and oxygen atoms in total. The summed E-state index contributed by atoms with van der Waals surface area (Å²) in [5, 5.41) is 42.7. The van der Waals surface area contributed by atoms with E-state index in [-0.39, 0.29) is 38.1 Å². The van der Waals surface area contributed by atoms with Crippen LogP contribution in [-0.4, -0.2) is 105 Å². The summed E-state index contributed by atoms with van der Waals surface area (Å²) >= 11 is -2.76. The van der Waals surface area contributed by atoms with Crippen LogP contribution in [0.5, 0.6) is 0 Å². The fourth-order valence-corrected chi connectivity index (χ4v) is 23.2. The van der Waals surface area contributed by atoms with Gasteiger partial charge in [0.25, 0.3) is 0 Å². The molecule has 0 saturated carbocycles. The minimum atomic E-state index is -2.76. The Hall–Kier alpha value is -3.86. The van der Waals surface area contributed by atoms with Crippen molar-refractivity contribution in [3.8, 4) is 0 Å². The molecule has 58 heavy (non-hydrogen) atoms. The number of hydrogen-bond donors (Lipinski definition) is 7. The van der Waals surface area contributed by atoms with Crippen molar-refractivity contribution in [1.82, 2.24) is 10.6 Å². The van der Waals surface area contributed by atoms with Gasteiger partial charge in [-0.25, -0.2) is 0 Å². The van der Waals surface area contributed by atoms with Crippen LogP contribution in [0, 0.1) is 11.8 Å². The number of Topliss-reactive ketones (excluding diaryl/α,β-unsaturated/α-hetero) is 2. The first kappa shape index (κ1) is 52.2. The average molecular weight is 925 g/mol. The van der Waals surface area contributed by atoms with Crippen molar-refractivity contribution in [3.63, 3.8) is 0 Å². The Balaban J connectivity index is 2.98. The van der Waals surface area contributed by atoms with Gasteiger partial charge >= 0.3 is 218 Å². The van der Waals surface area contributed by atoms with Gasteiger partial charge in [0.05, 0.1) is 12.1 Å². The Morgan fingerprint density at radius 2 is 1.19 bits per heavy atom. The normalized spacial score (nSPS) is 13.4. The summed E-state index contributed by atoms with van der Waals surface area (Å²) < 4.78 is 5.22. The third-order valence-corrected chi connectivity index (χ3v) is 26.4. The number of hydrogen-bond acceptors (Lipinski definition) is 9. The molecule has 0 aromatic heterocycles. The number of aliphatic carboxylic acids is 4. The van der Waals surface area contributed by atoms with Crippen LogP contribution in [0.4, 0.5) is 0 Å². The molecule has 1 aromatic rings. The van der Waals surface area contributed by atoms with Crippen LogP contribution >= 0.6 is 0 Å². The van der Waals surface area contributed by atoms with Gasteiger partial charge in [0.15, 0.2) is 0 Å². The van der Waals surface area contributed by atoms with Crippen LogP contribution in [0.1, 0.15) is 140 Å². The van der Waals surface area contributed by atoms with E-state index < -0.39 is 116 Å². The number of rotatable bonds is 34. The van der Waals surface area contributed by atoms with E-state index in [1.54, 1.807) is 0 Å². The summed E-state index contributed by atoms with van der Waals surface area (Å²) in [6.45, 7) is 6.95. The number of carbonyl (C=O) groups excluding carboxylic acids is 4. The Morgan fingerprint density at radius 3 is 1.72 bits per heavy atom. The average Bonchev–Trinajstić information content (AvgIpc) is 3.18. The van der Waals surface area contributed by atoms with Gasteiger partial charge in [0.1, 0.15) is 5.78 Å². The van der Waals surface area contributed by atoms with E-state index >= 15 is 0 Å². The Bertz CT molecular complexity index is 1500. The second-order valence-corrected chi connectivity index (χ2v) is 28.7. The van der Waals surface area contributed by atoms with E-state index in [9.17, 15) is 53.7 Å². The second-order valence-electron chi connectivity index (χ2n) is 15.5. The van der Waals surface area contributed by atoms with E-state index in [1.807, 2.05) is 12.1 Å². The maximum absolute atomic E-state index is 13.4. The van der Waals surface area contributed by atoms with Crippen LogP contribution in [0.3, 0.4) is 0 Å². The topological polar surface area (TPSA) is 268 Å². The van der Waals surface area contributed by atoms with Crippen molar-refractivity contribution in [1.29, 1.82) is 0 Å². The van der Waals surface area contributed by atoms with Crippen LogP contribution in [0.15, 0.2) is 24.3 Å². The van der Waals surface area contributed by atoms with Gasteiger partial charge in [-0.1, -0.05) is 0 Å². The number of unbranched alkanes of at least 4 members (excludes halogenated alkanes) is 4. The molecule has 0 spiro atoms. The second kappa shape index (κ2) is 28.5. The summed E-state index contributed by atoms with van der Waals surface area (Å²) in [4.78, 5) is 98.5. The van der Waals surface area contributed by atoms with Gasteiger partial charge in [0.2, 0.25) is 5.91 Å². The fourth-order valence-electron chi connectivity index (χ4n) is 7.19. The van der Waals surface area contributed by atoms with Crippen molar-refractivity contribution in [2.45, 2.75) is 155 Å². The van der Waals surface area contributed by atoms with Crippen molar-refractivity contribution < 1.29 is 58.8 Å². The van der Waals surface area contributed by atoms with Gasteiger partial charge in [0, 0.05) is 31.6 Å². The third-order valence-electron chi connectivity index (χ3n) is 10.8. The minimum absolute atomic E-state index is 0.0687. The Labute approximate surface area is 346 Å². The van der Waals surface area contributed by atoms with Gasteiger partial charge in [-0.05, 0) is 19.3 Å². The summed E-state index contributed by atoms with van der Waals surface area (Å²) in [7, 11) is 0. The molecule has 0 fully saturated rings. The number of nitrogens with one attached hydrogen (secondary N) is 2. The van der Waals surface area contributed by atoms with Crippen LogP contribution in [0.2, 0.25) is 13.3 Å². The molecular formula is C42H67N3O12Sn. The number of carbonyl (C=O) groups is 8. The van der Waals surface area contributed by atoms with E-state index in [4.69, 9.17) is 10.8 Å². The zero-order chi connectivity index (χ0) is 43.7. The quantitative estimate of drug-likeness (QED) is 0.0343. The third kappa shape index (κ3) is 20.2. The molecule has 1 aromatic carbocycles. The fraction of sp³-hybridized carbons (Fsp3) is 0.667. The SMILES string of the molecule is CCC[CH2][Sn]([CH2]CCC)([CH2]CCC)[c]1cccc(C(=O)NCCCC[C@@H](CC(=O)[C@@H](CCC(=O)O)NC(=O)[C@@H](CCC(=O)O)CC(=O)[C@H](N)CCC(=O)O)C(=O)O)c1. The molecular weight excluding hydrogens is 857 g/mol. The van der Waals surface area contributed by atoms with E-state index in [1.165, 1.54) is 36.2 Å². The summed E-state index contributed by atoms with van der Waals surface area (Å²) in [5.74, 6) is -9.96. The predicted octanol–water partition coefficient (Wildman–Crippen LogP) is 5.28. The Morgan fingerprint density at radius 1 is 0.655 bits per heavy atom. The number of carboxylic acid groups (broad SMARTS) is 4. The van der Waals surface area contributed by atoms with Crippen molar-refractivity contribution in [3.05, 3.63) is 29.8 Å². The molecule has 0 aliphatic carbocycles. The van der Waals surface area contributed by atoms with Crippen molar-refractivity contribution >= 4 is 69.2 Å². The molecule has 16 heteroatoms. The van der Waals surface area contributed by atoms with E-state index in [0.717, 1.165) is 19.3 Å². The standard InChI is InChI=1S/C30H40N3O12.3C4H9.Sn/c31-21(10-13-26(38)39)23(34)16-19(9-12-25(36)37)29(43)33-22(11-14-27(40)41)24(35)17-20(30(44)45)8-4-5-15-32-28(42)18-6-2-1-3-7-18;3*1-3-4-2;/h1-2,6-7,19-22H,4-5,8-17,31H2,(H,32,42)(H,33,43)(H,36,37)(H,38,39)(H,40,41)(H,44,45);3*1,3-4H2,2H3;/t19-,20-,21+,22+;;;;/m0..../s1. The molecule has 0 heterocycles. The van der Waals surface area contributed by atoms with E-state index in [2.05, 4.69) is 43.5 Å². The summed E-state index contributed by atoms with van der Waals surface area (Å²) in [6.07, 6.45) is 4.44. The first-order valence-corrected chi connectivity index (χ1v) is 28.4. The molecule has 326 valence electrons. The molecule has 0 saturated heterocycles. The molecule has 1 rings (SSSR count). The number of ketones is 2. The van der Waals surface area contributed by atoms with Crippen LogP contribution in [0.25, 0.3) is 0 Å². The van der Waals surface area contributed by atoms with Gasteiger partial charge in [-0.15, -0.1) is 0 Å². The molecule has 0 aliphatic heterocycles. The predicted molar refractivity (Wildman–Crippen MR) is 222 cm³/mol.